The molecule has 1 heterocycles. The van der Waals surface area contributed by atoms with Crippen LogP contribution in [0.15, 0.2) is 42.5 Å². The zero-order chi connectivity index (χ0) is 18.7. The molecule has 0 bridgehead atoms. The second-order valence-corrected chi connectivity index (χ2v) is 6.97. The summed E-state index contributed by atoms with van der Waals surface area (Å²) in [7, 11) is 0. The summed E-state index contributed by atoms with van der Waals surface area (Å²) in [6, 6.07) is 10.4. The molecule has 7 heteroatoms. The Morgan fingerprint density at radius 3 is 2.58 bits per heavy atom. The summed E-state index contributed by atoms with van der Waals surface area (Å²) in [5, 5.41) is 3.44. The molecule has 0 aromatic heterocycles. The third-order valence-electron chi connectivity index (χ3n) is 4.38. The van der Waals surface area contributed by atoms with Crippen molar-refractivity contribution in [1.29, 1.82) is 0 Å². The van der Waals surface area contributed by atoms with Crippen LogP contribution in [0, 0.1) is 11.7 Å². The normalized spacial score (nSPS) is 17.0. The minimum atomic E-state index is -0.393. The minimum Gasteiger partial charge on any atom is -0.338 e. The number of carbonyl (C=O) groups excluding carboxylic acids is 2. The highest BCUT2D eigenvalue weighted by Gasteiger charge is 2.29. The monoisotopic (exact) mass is 394 g/mol. The first-order valence-electron chi connectivity index (χ1n) is 8.25. The molecule has 2 amide bonds. The van der Waals surface area contributed by atoms with Crippen LogP contribution in [0.5, 0.6) is 0 Å². The number of amides is 2. The Bertz CT molecular complexity index is 827. The standard InChI is InChI=1S/C19H17Cl2FN2O2/c20-15-4-1-5-16(17(15)21)23-18(25)13-3-2-10-24(11-13)19(26)12-6-8-14(22)9-7-12/h1,4-9,13H,2-3,10-11H2,(H,23,25)/t13-/m0/s1. The maximum absolute atomic E-state index is 13.0. The topological polar surface area (TPSA) is 49.4 Å². The maximum Gasteiger partial charge on any atom is 0.253 e. The highest BCUT2D eigenvalue weighted by Crippen LogP contribution is 2.30. The Hall–Kier alpha value is -2.11. The predicted octanol–water partition coefficient (Wildman–Crippen LogP) is 4.62. The Morgan fingerprint density at radius 2 is 1.85 bits per heavy atom. The first-order valence-corrected chi connectivity index (χ1v) is 9.01. The van der Waals surface area contributed by atoms with Gasteiger partial charge in [0.2, 0.25) is 5.91 Å². The van der Waals surface area contributed by atoms with E-state index in [1.807, 2.05) is 0 Å². The number of rotatable bonds is 3. The number of benzene rings is 2. The van der Waals surface area contributed by atoms with Gasteiger partial charge in [-0.25, -0.2) is 4.39 Å². The van der Waals surface area contributed by atoms with E-state index in [0.717, 1.165) is 0 Å². The van der Waals surface area contributed by atoms with Crippen LogP contribution in [-0.2, 0) is 4.79 Å². The average molecular weight is 395 g/mol. The molecule has 1 saturated heterocycles. The molecular formula is C19H17Cl2FN2O2. The van der Waals surface area contributed by atoms with Crippen molar-refractivity contribution in [2.45, 2.75) is 12.8 Å². The summed E-state index contributed by atoms with van der Waals surface area (Å²) in [5.74, 6) is -1.15. The first kappa shape index (κ1) is 18.7. The molecule has 0 spiro atoms. The molecule has 26 heavy (non-hydrogen) atoms. The van der Waals surface area contributed by atoms with Crippen molar-refractivity contribution in [3.05, 3.63) is 63.9 Å². The van der Waals surface area contributed by atoms with Crippen LogP contribution in [-0.4, -0.2) is 29.8 Å². The van der Waals surface area contributed by atoms with Crippen molar-refractivity contribution in [2.75, 3.05) is 18.4 Å². The van der Waals surface area contributed by atoms with Crippen molar-refractivity contribution in [3.63, 3.8) is 0 Å². The van der Waals surface area contributed by atoms with Gasteiger partial charge in [-0.3, -0.25) is 9.59 Å². The van der Waals surface area contributed by atoms with Gasteiger partial charge in [0.1, 0.15) is 5.82 Å². The summed E-state index contributed by atoms with van der Waals surface area (Å²) >= 11 is 12.1. The van der Waals surface area contributed by atoms with Gasteiger partial charge in [-0.05, 0) is 49.2 Å². The minimum absolute atomic E-state index is 0.203. The van der Waals surface area contributed by atoms with E-state index in [9.17, 15) is 14.0 Å². The maximum atomic E-state index is 13.0. The van der Waals surface area contributed by atoms with E-state index >= 15 is 0 Å². The molecule has 0 saturated carbocycles. The summed E-state index contributed by atoms with van der Waals surface area (Å²) in [6.07, 6.45) is 1.39. The van der Waals surface area contributed by atoms with Crippen LogP contribution in [0.1, 0.15) is 23.2 Å². The Morgan fingerprint density at radius 1 is 1.12 bits per heavy atom. The fraction of sp³-hybridized carbons (Fsp3) is 0.263. The lowest BCUT2D eigenvalue weighted by molar-refractivity contribution is -0.121. The molecule has 1 atom stereocenters. The molecule has 1 N–H and O–H groups in total. The SMILES string of the molecule is O=C(Nc1cccc(Cl)c1Cl)[C@H]1CCCN(C(=O)c2ccc(F)cc2)C1. The average Bonchev–Trinajstić information content (AvgIpc) is 2.65. The van der Waals surface area contributed by atoms with Gasteiger partial charge in [-0.15, -0.1) is 0 Å². The number of piperidine rings is 1. The summed E-state index contributed by atoms with van der Waals surface area (Å²) in [6.45, 7) is 0.873. The predicted molar refractivity (Wildman–Crippen MR) is 100 cm³/mol. The van der Waals surface area contributed by atoms with E-state index in [-0.39, 0.29) is 22.8 Å². The molecule has 1 aliphatic heterocycles. The van der Waals surface area contributed by atoms with Crippen LogP contribution in [0.3, 0.4) is 0 Å². The van der Waals surface area contributed by atoms with Gasteiger partial charge < -0.3 is 10.2 Å². The zero-order valence-electron chi connectivity index (χ0n) is 13.8. The molecule has 0 aliphatic carbocycles. The fourth-order valence-corrected chi connectivity index (χ4v) is 3.33. The molecule has 0 radical (unpaired) electrons. The van der Waals surface area contributed by atoms with Crippen molar-refractivity contribution >= 4 is 40.7 Å². The smallest absolute Gasteiger partial charge is 0.253 e. The highest BCUT2D eigenvalue weighted by atomic mass is 35.5. The van der Waals surface area contributed by atoms with E-state index < -0.39 is 5.82 Å². The molecular weight excluding hydrogens is 378 g/mol. The lowest BCUT2D eigenvalue weighted by Crippen LogP contribution is -2.43. The lowest BCUT2D eigenvalue weighted by Gasteiger charge is -2.32. The second kappa shape index (κ2) is 8.06. The molecule has 3 rings (SSSR count). The number of nitrogens with zero attached hydrogens (tertiary/aromatic N) is 1. The van der Waals surface area contributed by atoms with Gasteiger partial charge in [0.25, 0.3) is 5.91 Å². The fourth-order valence-electron chi connectivity index (χ4n) is 2.99. The van der Waals surface area contributed by atoms with E-state index in [2.05, 4.69) is 5.32 Å². The van der Waals surface area contributed by atoms with Gasteiger partial charge >= 0.3 is 0 Å². The molecule has 0 unspecified atom stereocenters. The zero-order valence-corrected chi connectivity index (χ0v) is 15.4. The van der Waals surface area contributed by atoms with Gasteiger partial charge in [-0.1, -0.05) is 29.3 Å². The quantitative estimate of drug-likeness (QED) is 0.825. The number of halogens is 3. The van der Waals surface area contributed by atoms with Gasteiger partial charge in [0.15, 0.2) is 0 Å². The Kier molecular flexibility index (Phi) is 5.79. The van der Waals surface area contributed by atoms with Crippen molar-refractivity contribution in [1.82, 2.24) is 4.90 Å². The van der Waals surface area contributed by atoms with E-state index in [0.29, 0.717) is 42.2 Å². The van der Waals surface area contributed by atoms with E-state index in [4.69, 9.17) is 23.2 Å². The number of likely N-dealkylation sites (tertiary alicyclic amines) is 1. The van der Waals surface area contributed by atoms with Gasteiger partial charge in [0, 0.05) is 18.7 Å². The summed E-state index contributed by atoms with van der Waals surface area (Å²) in [4.78, 5) is 26.8. The molecule has 1 fully saturated rings. The molecule has 1 aliphatic rings. The van der Waals surface area contributed by atoms with Crippen LogP contribution in [0.2, 0.25) is 10.0 Å². The lowest BCUT2D eigenvalue weighted by atomic mass is 9.96. The van der Waals surface area contributed by atoms with Gasteiger partial charge in [0.05, 0.1) is 21.7 Å². The first-order chi connectivity index (χ1) is 12.5. The van der Waals surface area contributed by atoms with Crippen LogP contribution in [0.4, 0.5) is 10.1 Å². The van der Waals surface area contributed by atoms with Crippen molar-refractivity contribution in [2.24, 2.45) is 5.92 Å². The number of nitrogens with one attached hydrogen (secondary N) is 1. The van der Waals surface area contributed by atoms with Crippen LogP contribution in [0.25, 0.3) is 0 Å². The number of anilines is 1. The van der Waals surface area contributed by atoms with Crippen LogP contribution < -0.4 is 5.32 Å². The molecule has 136 valence electrons. The van der Waals surface area contributed by atoms with Crippen molar-refractivity contribution in [3.8, 4) is 0 Å². The summed E-state index contributed by atoms with van der Waals surface area (Å²) in [5.41, 5.74) is 0.858. The molecule has 2 aromatic carbocycles. The second-order valence-electron chi connectivity index (χ2n) is 6.19. The number of hydrogen-bond acceptors (Lipinski definition) is 2. The molecule has 2 aromatic rings. The van der Waals surface area contributed by atoms with Gasteiger partial charge in [-0.2, -0.15) is 0 Å². The highest BCUT2D eigenvalue weighted by molar-refractivity contribution is 6.44. The largest absolute Gasteiger partial charge is 0.338 e. The Balaban J connectivity index is 1.67. The van der Waals surface area contributed by atoms with Crippen LogP contribution >= 0.6 is 23.2 Å². The number of hydrogen-bond donors (Lipinski definition) is 1. The third kappa shape index (κ3) is 4.17. The van der Waals surface area contributed by atoms with E-state index in [1.165, 1.54) is 24.3 Å². The number of carbonyl (C=O) groups is 2. The van der Waals surface area contributed by atoms with Crippen molar-refractivity contribution < 1.29 is 14.0 Å². The van der Waals surface area contributed by atoms with E-state index in [1.54, 1.807) is 23.1 Å². The molecule has 4 nitrogen and oxygen atoms in total. The third-order valence-corrected chi connectivity index (χ3v) is 5.20. The Labute approximate surface area is 160 Å². The summed E-state index contributed by atoms with van der Waals surface area (Å²) < 4.78 is 13.0.